The van der Waals surface area contributed by atoms with E-state index in [2.05, 4.69) is 211 Å². The van der Waals surface area contributed by atoms with Crippen molar-refractivity contribution in [1.82, 2.24) is 4.57 Å². The molecule has 3 heterocycles. The number of nitrogens with zero attached hydrogens (tertiary/aromatic N) is 2. The number of aromatic nitrogens is 1. The van der Waals surface area contributed by atoms with Crippen LogP contribution in [0.3, 0.4) is 0 Å². The highest BCUT2D eigenvalue weighted by atomic mass is 15.2. The van der Waals surface area contributed by atoms with Crippen LogP contribution < -0.4 is 21.3 Å². The Morgan fingerprint density at radius 3 is 2.08 bits per heavy atom. The molecule has 334 valence electrons. The first-order valence-electron chi connectivity index (χ1n) is 26.2. The SMILES string of the molecule is CC1(C)c2ccccc2-c2cc3c4c(c21)c1cc(C2CCCCC2)ccc1n4-c1cc(C2c4cccc5c4-c4c2ccc2cccc(c42)-c2ccccc2-5)cc2c1B3c1ccccc1N2c1ccccc1. The molecular formula is C68H49BN2. The predicted molar refractivity (Wildman–Crippen MR) is 298 cm³/mol. The van der Waals surface area contributed by atoms with Crippen LogP contribution in [0, 0.1) is 0 Å². The lowest BCUT2D eigenvalue weighted by Crippen LogP contribution is -2.60. The molecule has 0 N–H and O–H groups in total. The molecule has 1 saturated carbocycles. The summed E-state index contributed by atoms with van der Waals surface area (Å²) in [6.07, 6.45) is 6.56. The van der Waals surface area contributed by atoms with Crippen molar-refractivity contribution >= 4 is 72.7 Å². The third kappa shape index (κ3) is 4.85. The summed E-state index contributed by atoms with van der Waals surface area (Å²) in [6, 6.07) is 73.4. The summed E-state index contributed by atoms with van der Waals surface area (Å²) < 4.78 is 2.75. The van der Waals surface area contributed by atoms with Crippen LogP contribution in [0.5, 0.6) is 0 Å². The van der Waals surface area contributed by atoms with Gasteiger partial charge in [0.1, 0.15) is 0 Å². The van der Waals surface area contributed by atoms with Crippen LogP contribution in [-0.2, 0) is 5.41 Å². The van der Waals surface area contributed by atoms with Crippen LogP contribution in [0.2, 0.25) is 0 Å². The molecule has 10 aromatic carbocycles. The van der Waals surface area contributed by atoms with E-state index in [-0.39, 0.29) is 18.0 Å². The average molecular weight is 905 g/mol. The number of rotatable bonds is 3. The number of anilines is 3. The van der Waals surface area contributed by atoms with E-state index in [0.717, 1.165) is 0 Å². The maximum absolute atomic E-state index is 2.75. The molecule has 17 rings (SSSR count). The first kappa shape index (κ1) is 38.9. The molecule has 3 heteroatoms. The van der Waals surface area contributed by atoms with Crippen molar-refractivity contribution in [3.63, 3.8) is 0 Å². The molecular weight excluding hydrogens is 856 g/mol. The normalized spacial score (nSPS) is 17.0. The summed E-state index contributed by atoms with van der Waals surface area (Å²) in [7, 11) is 0. The third-order valence-electron chi connectivity index (χ3n) is 18.3. The molecule has 0 bridgehead atoms. The van der Waals surface area contributed by atoms with Gasteiger partial charge in [-0.1, -0.05) is 179 Å². The van der Waals surface area contributed by atoms with Crippen LogP contribution in [0.1, 0.15) is 91.2 Å². The smallest absolute Gasteiger partial charge is 0.252 e. The minimum atomic E-state index is -0.174. The average Bonchev–Trinajstić information content (AvgIpc) is 4.00. The number of hydrogen-bond donors (Lipinski definition) is 0. The maximum Gasteiger partial charge on any atom is 0.252 e. The quantitative estimate of drug-likeness (QED) is 0.160. The topological polar surface area (TPSA) is 8.17 Å². The Morgan fingerprint density at radius 1 is 0.493 bits per heavy atom. The molecule has 71 heavy (non-hydrogen) atoms. The molecule has 0 amide bonds. The van der Waals surface area contributed by atoms with Crippen LogP contribution in [0.25, 0.3) is 82.8 Å². The van der Waals surface area contributed by atoms with Gasteiger partial charge in [-0.3, -0.25) is 0 Å². The van der Waals surface area contributed by atoms with Crippen molar-refractivity contribution in [3.05, 3.63) is 221 Å². The molecule has 1 atom stereocenters. The lowest BCUT2D eigenvalue weighted by Gasteiger charge is -2.41. The van der Waals surface area contributed by atoms with Gasteiger partial charge in [0.15, 0.2) is 0 Å². The van der Waals surface area contributed by atoms with E-state index in [9.17, 15) is 0 Å². The monoisotopic (exact) mass is 904 g/mol. The van der Waals surface area contributed by atoms with Crippen LogP contribution in [0.4, 0.5) is 17.1 Å². The lowest BCUT2D eigenvalue weighted by atomic mass is 9.33. The highest BCUT2D eigenvalue weighted by Crippen LogP contribution is 2.60. The van der Waals surface area contributed by atoms with E-state index in [0.29, 0.717) is 5.92 Å². The molecule has 0 spiro atoms. The Balaban J connectivity index is 1.03. The Morgan fingerprint density at radius 2 is 1.21 bits per heavy atom. The maximum atomic E-state index is 2.75. The van der Waals surface area contributed by atoms with Gasteiger partial charge in [0.05, 0.1) is 5.52 Å². The summed E-state index contributed by atoms with van der Waals surface area (Å²) in [5, 5.41) is 5.54. The highest BCUT2D eigenvalue weighted by molar-refractivity contribution is 7.00. The van der Waals surface area contributed by atoms with Crippen LogP contribution >= 0.6 is 0 Å². The second-order valence-electron chi connectivity index (χ2n) is 22.0. The fourth-order valence-electron chi connectivity index (χ4n) is 15.5. The van der Waals surface area contributed by atoms with E-state index in [1.165, 1.54) is 182 Å². The van der Waals surface area contributed by atoms with Gasteiger partial charge in [-0.25, -0.2) is 0 Å². The predicted octanol–water partition coefficient (Wildman–Crippen LogP) is 15.7. The van der Waals surface area contributed by atoms with Gasteiger partial charge in [0, 0.05) is 50.4 Å². The number of fused-ring (bicyclic) bond motifs is 14. The van der Waals surface area contributed by atoms with Crippen LogP contribution in [0.15, 0.2) is 188 Å². The standard InChI is InChI=1S/C68H49BN2/c1-68(2)53-28-12-11-24-46(53)51-38-55-67-64(65(51)68)52-35-41(39-17-5-3-6-18-39)32-34-56(52)71(67)59-37-42(36-58-66(59)69(55)54-29-13-14-30-57(54)70(58)43-20-7-4-8-21-43)60-49-27-16-26-48-45-23-10-9-22-44(45)47-25-15-19-40-31-33-50(60)63(61(40)47)62(48)49/h4,7-16,19-39,60H,3,5-6,17-18H2,1-2H3. The minimum absolute atomic E-state index is 0.0301. The number of hydrogen-bond acceptors (Lipinski definition) is 1. The van der Waals surface area contributed by atoms with E-state index in [1.54, 1.807) is 0 Å². The second kappa shape index (κ2) is 13.7. The van der Waals surface area contributed by atoms with Crippen molar-refractivity contribution in [3.8, 4) is 50.2 Å². The van der Waals surface area contributed by atoms with Crippen molar-refractivity contribution in [2.75, 3.05) is 4.90 Å². The summed E-state index contributed by atoms with van der Waals surface area (Å²) in [6.45, 7) is 5.01. The highest BCUT2D eigenvalue weighted by Gasteiger charge is 2.47. The molecule has 6 aliphatic rings. The summed E-state index contributed by atoms with van der Waals surface area (Å²) >= 11 is 0. The zero-order valence-electron chi connectivity index (χ0n) is 40.1. The van der Waals surface area contributed by atoms with Gasteiger partial charge < -0.3 is 9.47 Å². The molecule has 0 saturated heterocycles. The molecule has 1 fully saturated rings. The molecule has 1 unspecified atom stereocenters. The Hall–Kier alpha value is -7.88. The van der Waals surface area contributed by atoms with E-state index < -0.39 is 0 Å². The van der Waals surface area contributed by atoms with E-state index in [1.807, 2.05) is 0 Å². The van der Waals surface area contributed by atoms with Gasteiger partial charge in [0.2, 0.25) is 0 Å². The largest absolute Gasteiger partial charge is 0.311 e. The van der Waals surface area contributed by atoms with Crippen molar-refractivity contribution in [2.24, 2.45) is 0 Å². The van der Waals surface area contributed by atoms with Gasteiger partial charge in [-0.15, -0.1) is 0 Å². The fraction of sp³-hybridized carbons (Fsp3) is 0.147. The Kier molecular flexibility index (Phi) is 7.51. The first-order chi connectivity index (χ1) is 35.0. The van der Waals surface area contributed by atoms with E-state index in [4.69, 9.17) is 0 Å². The van der Waals surface area contributed by atoms with E-state index >= 15 is 0 Å². The van der Waals surface area contributed by atoms with Gasteiger partial charge >= 0.3 is 0 Å². The molecule has 4 aliphatic carbocycles. The molecule has 11 aromatic rings. The fourth-order valence-corrected chi connectivity index (χ4v) is 15.5. The van der Waals surface area contributed by atoms with Crippen molar-refractivity contribution in [2.45, 2.75) is 63.2 Å². The third-order valence-corrected chi connectivity index (χ3v) is 18.3. The van der Waals surface area contributed by atoms with Gasteiger partial charge in [-0.2, -0.15) is 0 Å². The zero-order valence-corrected chi connectivity index (χ0v) is 40.1. The molecule has 0 radical (unpaired) electrons. The summed E-state index contributed by atoms with van der Waals surface area (Å²) in [4.78, 5) is 2.60. The number of benzene rings is 10. The molecule has 1 aromatic heterocycles. The minimum Gasteiger partial charge on any atom is -0.311 e. The van der Waals surface area contributed by atoms with Crippen LogP contribution in [-0.4, -0.2) is 11.3 Å². The van der Waals surface area contributed by atoms with Gasteiger partial charge in [0.25, 0.3) is 6.71 Å². The molecule has 2 nitrogen and oxygen atoms in total. The second-order valence-corrected chi connectivity index (χ2v) is 22.0. The Labute approximate surface area is 414 Å². The Bertz CT molecular complexity index is 4200. The number of para-hydroxylation sites is 2. The van der Waals surface area contributed by atoms with Gasteiger partial charge in [-0.05, 0) is 166 Å². The van der Waals surface area contributed by atoms with Crippen molar-refractivity contribution < 1.29 is 0 Å². The zero-order chi connectivity index (χ0) is 46.4. The summed E-state index contributed by atoms with van der Waals surface area (Å²) in [5.41, 5.74) is 31.2. The summed E-state index contributed by atoms with van der Waals surface area (Å²) in [5.74, 6) is 0.634. The van der Waals surface area contributed by atoms with Crippen molar-refractivity contribution in [1.29, 1.82) is 0 Å². The molecule has 2 aliphatic heterocycles. The lowest BCUT2D eigenvalue weighted by molar-refractivity contribution is 0.444. The first-order valence-corrected chi connectivity index (χ1v) is 26.2.